The first-order valence-electron chi connectivity index (χ1n) is 6.19. The summed E-state index contributed by atoms with van der Waals surface area (Å²) in [4.78, 5) is 0. The van der Waals surface area contributed by atoms with Gasteiger partial charge in [-0.15, -0.1) is 0 Å². The molecule has 0 bridgehead atoms. The van der Waals surface area contributed by atoms with Crippen LogP contribution in [0.5, 0.6) is 5.75 Å². The van der Waals surface area contributed by atoms with Crippen molar-refractivity contribution in [2.24, 2.45) is 0 Å². The number of halogens is 1. The Kier molecular flexibility index (Phi) is 3.95. The normalized spacial score (nSPS) is 19.6. The third-order valence-electron chi connectivity index (χ3n) is 3.60. The number of aryl methyl sites for hydroxylation is 1. The molecule has 1 atom stereocenters. The first-order chi connectivity index (χ1) is 8.13. The van der Waals surface area contributed by atoms with E-state index in [1.54, 1.807) is 7.11 Å². The Morgan fingerprint density at radius 3 is 2.82 bits per heavy atom. The molecule has 94 valence electrons. The monoisotopic (exact) mass is 253 g/mol. The van der Waals surface area contributed by atoms with Crippen LogP contribution in [0.25, 0.3) is 0 Å². The van der Waals surface area contributed by atoms with Gasteiger partial charge in [-0.1, -0.05) is 11.6 Å². The van der Waals surface area contributed by atoms with E-state index in [2.05, 4.69) is 12.2 Å². The predicted molar refractivity (Wildman–Crippen MR) is 72.2 cm³/mol. The molecule has 1 aromatic carbocycles. The van der Waals surface area contributed by atoms with Crippen molar-refractivity contribution in [1.82, 2.24) is 5.32 Å². The molecule has 1 unspecified atom stereocenters. The van der Waals surface area contributed by atoms with E-state index in [9.17, 15) is 0 Å². The van der Waals surface area contributed by atoms with E-state index >= 15 is 0 Å². The van der Waals surface area contributed by atoms with Gasteiger partial charge in [0.25, 0.3) is 0 Å². The third-order valence-corrected chi connectivity index (χ3v) is 3.94. The van der Waals surface area contributed by atoms with Gasteiger partial charge >= 0.3 is 0 Å². The van der Waals surface area contributed by atoms with Gasteiger partial charge in [0.2, 0.25) is 0 Å². The Morgan fingerprint density at radius 1 is 1.47 bits per heavy atom. The summed E-state index contributed by atoms with van der Waals surface area (Å²) in [6.45, 7) is 5.27. The van der Waals surface area contributed by atoms with Gasteiger partial charge in [0.1, 0.15) is 5.75 Å². The van der Waals surface area contributed by atoms with Crippen molar-refractivity contribution in [3.8, 4) is 5.75 Å². The molecular formula is C14H20ClNO. The summed E-state index contributed by atoms with van der Waals surface area (Å²) in [5, 5.41) is 4.38. The van der Waals surface area contributed by atoms with E-state index in [-0.39, 0.29) is 0 Å². The highest BCUT2D eigenvalue weighted by molar-refractivity contribution is 6.31. The second-order valence-corrected chi connectivity index (χ2v) is 5.22. The molecule has 1 aliphatic heterocycles. The quantitative estimate of drug-likeness (QED) is 0.893. The molecular weight excluding hydrogens is 234 g/mol. The fourth-order valence-electron chi connectivity index (χ4n) is 2.70. The summed E-state index contributed by atoms with van der Waals surface area (Å²) in [6, 6.07) is 2.58. The molecule has 0 saturated carbocycles. The van der Waals surface area contributed by atoms with Gasteiger partial charge in [-0.2, -0.15) is 0 Å². The van der Waals surface area contributed by atoms with Crippen molar-refractivity contribution in [2.45, 2.75) is 39.2 Å². The molecule has 1 N–H and O–H groups in total. The third kappa shape index (κ3) is 2.58. The molecule has 1 saturated heterocycles. The second-order valence-electron chi connectivity index (χ2n) is 4.81. The topological polar surface area (TPSA) is 21.3 Å². The maximum Gasteiger partial charge on any atom is 0.125 e. The van der Waals surface area contributed by atoms with Crippen LogP contribution >= 0.6 is 11.6 Å². The minimum absolute atomic E-state index is 0.568. The van der Waals surface area contributed by atoms with Crippen molar-refractivity contribution < 1.29 is 4.74 Å². The highest BCUT2D eigenvalue weighted by Gasteiger charge is 2.19. The molecule has 1 fully saturated rings. The highest BCUT2D eigenvalue weighted by Crippen LogP contribution is 2.33. The standard InChI is InChI=1S/C14H20ClNO/c1-9-7-13(15)12(10(2)14(9)17-3)8-11-5-4-6-16-11/h7,11,16H,4-6,8H2,1-3H3. The predicted octanol–water partition coefficient (Wildman–Crippen LogP) is 3.26. The number of rotatable bonds is 3. The van der Waals surface area contributed by atoms with Gasteiger partial charge in [0.15, 0.2) is 0 Å². The van der Waals surface area contributed by atoms with Crippen LogP contribution in [0.1, 0.15) is 29.5 Å². The van der Waals surface area contributed by atoms with Crippen molar-refractivity contribution in [3.05, 3.63) is 27.8 Å². The van der Waals surface area contributed by atoms with Crippen LogP contribution in [-0.2, 0) is 6.42 Å². The lowest BCUT2D eigenvalue weighted by molar-refractivity contribution is 0.407. The molecule has 17 heavy (non-hydrogen) atoms. The zero-order chi connectivity index (χ0) is 12.4. The fraction of sp³-hybridized carbons (Fsp3) is 0.571. The molecule has 2 nitrogen and oxygen atoms in total. The Morgan fingerprint density at radius 2 is 2.24 bits per heavy atom. The molecule has 1 heterocycles. The Labute approximate surface area is 108 Å². The Bertz CT molecular complexity index is 411. The van der Waals surface area contributed by atoms with Crippen molar-refractivity contribution in [1.29, 1.82) is 0 Å². The summed E-state index contributed by atoms with van der Waals surface area (Å²) in [7, 11) is 1.72. The second kappa shape index (κ2) is 5.28. The Balaban J connectivity index is 2.31. The molecule has 0 aliphatic carbocycles. The van der Waals surface area contributed by atoms with Crippen LogP contribution in [0.4, 0.5) is 0 Å². The SMILES string of the molecule is COc1c(C)cc(Cl)c(CC2CCCN2)c1C. The lowest BCUT2D eigenvalue weighted by atomic mass is 9.97. The lowest BCUT2D eigenvalue weighted by Gasteiger charge is -2.18. The zero-order valence-electron chi connectivity index (χ0n) is 10.8. The molecule has 2 rings (SSSR count). The minimum atomic E-state index is 0.568. The molecule has 0 aromatic heterocycles. The van der Waals surface area contributed by atoms with Gasteiger partial charge in [-0.05, 0) is 62.4 Å². The van der Waals surface area contributed by atoms with Gasteiger partial charge < -0.3 is 10.1 Å². The van der Waals surface area contributed by atoms with Crippen LogP contribution in [0.15, 0.2) is 6.07 Å². The first-order valence-corrected chi connectivity index (χ1v) is 6.57. The fourth-order valence-corrected chi connectivity index (χ4v) is 3.08. The zero-order valence-corrected chi connectivity index (χ0v) is 11.5. The number of methoxy groups -OCH3 is 1. The van der Waals surface area contributed by atoms with E-state index in [1.165, 1.54) is 24.0 Å². The molecule has 1 aromatic rings. The first kappa shape index (κ1) is 12.7. The van der Waals surface area contributed by atoms with Crippen LogP contribution in [-0.4, -0.2) is 19.7 Å². The van der Waals surface area contributed by atoms with Gasteiger partial charge in [0, 0.05) is 11.1 Å². The lowest BCUT2D eigenvalue weighted by Crippen LogP contribution is -2.24. The number of benzene rings is 1. The summed E-state index contributed by atoms with van der Waals surface area (Å²) < 4.78 is 5.46. The maximum atomic E-state index is 6.36. The van der Waals surface area contributed by atoms with Gasteiger partial charge in [0.05, 0.1) is 7.11 Å². The van der Waals surface area contributed by atoms with Crippen LogP contribution in [0.3, 0.4) is 0 Å². The van der Waals surface area contributed by atoms with E-state index in [1.807, 2.05) is 13.0 Å². The summed E-state index contributed by atoms with van der Waals surface area (Å²) in [6.07, 6.45) is 3.51. The van der Waals surface area contributed by atoms with Crippen LogP contribution < -0.4 is 10.1 Å². The molecule has 0 radical (unpaired) electrons. The number of hydrogen-bond donors (Lipinski definition) is 1. The molecule has 1 aliphatic rings. The van der Waals surface area contributed by atoms with E-state index in [0.717, 1.165) is 29.3 Å². The summed E-state index contributed by atoms with van der Waals surface area (Å²) in [5.74, 6) is 0.974. The maximum absolute atomic E-state index is 6.36. The van der Waals surface area contributed by atoms with Gasteiger partial charge in [-0.25, -0.2) is 0 Å². The average Bonchev–Trinajstić information content (AvgIpc) is 2.77. The van der Waals surface area contributed by atoms with Crippen molar-refractivity contribution >= 4 is 11.6 Å². The number of nitrogens with one attached hydrogen (secondary N) is 1. The Hall–Kier alpha value is -0.730. The molecule has 3 heteroatoms. The number of ether oxygens (including phenoxy) is 1. The van der Waals surface area contributed by atoms with E-state index < -0.39 is 0 Å². The summed E-state index contributed by atoms with van der Waals surface area (Å²) >= 11 is 6.36. The average molecular weight is 254 g/mol. The highest BCUT2D eigenvalue weighted by atomic mass is 35.5. The summed E-state index contributed by atoms with van der Waals surface area (Å²) in [5.41, 5.74) is 3.53. The molecule has 0 amide bonds. The largest absolute Gasteiger partial charge is 0.496 e. The van der Waals surface area contributed by atoms with Crippen LogP contribution in [0.2, 0.25) is 5.02 Å². The van der Waals surface area contributed by atoms with Crippen molar-refractivity contribution in [3.63, 3.8) is 0 Å². The van der Waals surface area contributed by atoms with E-state index in [4.69, 9.17) is 16.3 Å². The van der Waals surface area contributed by atoms with E-state index in [0.29, 0.717) is 6.04 Å². The number of hydrogen-bond acceptors (Lipinski definition) is 2. The van der Waals surface area contributed by atoms with Crippen molar-refractivity contribution in [2.75, 3.05) is 13.7 Å². The van der Waals surface area contributed by atoms with Crippen LogP contribution in [0, 0.1) is 13.8 Å². The van der Waals surface area contributed by atoms with Gasteiger partial charge in [-0.3, -0.25) is 0 Å². The smallest absolute Gasteiger partial charge is 0.125 e. The molecule has 0 spiro atoms. The minimum Gasteiger partial charge on any atom is -0.496 e.